The summed E-state index contributed by atoms with van der Waals surface area (Å²) in [5.74, 6) is -1.11. The predicted octanol–water partition coefficient (Wildman–Crippen LogP) is 2.26. The molecule has 0 atom stereocenters. The van der Waals surface area contributed by atoms with Gasteiger partial charge in [0.1, 0.15) is 5.57 Å². The lowest BCUT2D eigenvalue weighted by Crippen LogP contribution is -2.53. The molecule has 0 spiro atoms. The van der Waals surface area contributed by atoms with Crippen LogP contribution in [0.4, 0.5) is 5.69 Å². The van der Waals surface area contributed by atoms with Gasteiger partial charge in [-0.1, -0.05) is 24.3 Å². The summed E-state index contributed by atoms with van der Waals surface area (Å²) in [4.78, 5) is 36.9. The van der Waals surface area contributed by atoms with Crippen molar-refractivity contribution in [2.75, 3.05) is 6.54 Å². The summed E-state index contributed by atoms with van der Waals surface area (Å²) < 4.78 is 1.72. The lowest BCUT2D eigenvalue weighted by atomic mass is 10.1. The fourth-order valence-electron chi connectivity index (χ4n) is 2.85. The number of rotatable bonds is 6. The summed E-state index contributed by atoms with van der Waals surface area (Å²) in [5, 5.41) is 13.7. The van der Waals surface area contributed by atoms with Crippen molar-refractivity contribution in [1.82, 2.24) is 14.8 Å². The summed E-state index contributed by atoms with van der Waals surface area (Å²) in [6, 6.07) is 9.87. The molecule has 1 aromatic heterocycles. The van der Waals surface area contributed by atoms with Gasteiger partial charge in [-0.2, -0.15) is 0 Å². The standard InChI is InChI=1S/C19H16N4O4S/c1-2-9-22-18(25)15(17(24)20-19(22)28)11-14-7-5-10-21(14)12-13-6-3-4-8-16(13)23(26)27/h2-8,10-11H,1,9,12H2,(H,20,24,28)/b15-11+. The van der Waals surface area contributed by atoms with E-state index < -0.39 is 16.7 Å². The maximum Gasteiger partial charge on any atom is 0.274 e. The normalized spacial score (nSPS) is 15.6. The van der Waals surface area contributed by atoms with Crippen LogP contribution in [0.1, 0.15) is 11.3 Å². The Balaban J connectivity index is 1.95. The molecular weight excluding hydrogens is 380 g/mol. The minimum atomic E-state index is -0.589. The second kappa shape index (κ2) is 7.97. The van der Waals surface area contributed by atoms with Crippen LogP contribution in [0.2, 0.25) is 0 Å². The minimum absolute atomic E-state index is 0.00351. The Morgan fingerprint density at radius 3 is 2.68 bits per heavy atom. The number of benzene rings is 1. The first-order valence-electron chi connectivity index (χ1n) is 8.29. The highest BCUT2D eigenvalue weighted by Gasteiger charge is 2.32. The summed E-state index contributed by atoms with van der Waals surface area (Å²) >= 11 is 5.03. The molecule has 2 heterocycles. The zero-order chi connectivity index (χ0) is 20.3. The van der Waals surface area contributed by atoms with Gasteiger partial charge in [-0.05, 0) is 30.4 Å². The number of nitrogens with one attached hydrogen (secondary N) is 1. The molecule has 3 rings (SSSR count). The number of amides is 2. The molecule has 1 aliphatic rings. The van der Waals surface area contributed by atoms with Crippen LogP contribution >= 0.6 is 12.2 Å². The van der Waals surface area contributed by atoms with Crippen LogP contribution in [0.25, 0.3) is 6.08 Å². The molecule has 8 nitrogen and oxygen atoms in total. The van der Waals surface area contributed by atoms with E-state index in [-0.39, 0.29) is 29.5 Å². The number of nitrogens with zero attached hydrogens (tertiary/aromatic N) is 3. The fourth-order valence-corrected chi connectivity index (χ4v) is 3.10. The molecule has 9 heteroatoms. The Morgan fingerprint density at radius 1 is 1.21 bits per heavy atom. The molecule has 28 heavy (non-hydrogen) atoms. The number of aromatic nitrogens is 1. The van der Waals surface area contributed by atoms with Crippen molar-refractivity contribution in [3.05, 3.63) is 82.2 Å². The summed E-state index contributed by atoms with van der Waals surface area (Å²) in [7, 11) is 0. The highest BCUT2D eigenvalue weighted by Crippen LogP contribution is 2.21. The van der Waals surface area contributed by atoms with Crippen LogP contribution in [0.15, 0.2) is 60.8 Å². The van der Waals surface area contributed by atoms with E-state index in [1.807, 2.05) is 0 Å². The number of nitro benzene ring substituents is 1. The SMILES string of the molecule is C=CCN1C(=O)/C(=C/c2cccn2Cc2ccccc2[N+](=O)[O-])C(=O)NC1=S. The van der Waals surface area contributed by atoms with Gasteiger partial charge in [0.25, 0.3) is 17.5 Å². The van der Waals surface area contributed by atoms with E-state index in [9.17, 15) is 19.7 Å². The maximum absolute atomic E-state index is 12.6. The van der Waals surface area contributed by atoms with Crippen LogP contribution in [-0.4, -0.2) is 37.9 Å². The van der Waals surface area contributed by atoms with E-state index in [1.54, 1.807) is 41.1 Å². The molecule has 1 fully saturated rings. The molecule has 1 aliphatic heterocycles. The first-order valence-corrected chi connectivity index (χ1v) is 8.70. The summed E-state index contributed by atoms with van der Waals surface area (Å²) in [6.45, 7) is 3.97. The second-order valence-corrected chi connectivity index (χ2v) is 6.36. The van der Waals surface area contributed by atoms with Gasteiger partial charge in [0.05, 0.1) is 11.5 Å². The van der Waals surface area contributed by atoms with Crippen LogP contribution in [0.3, 0.4) is 0 Å². The smallest absolute Gasteiger partial charge is 0.274 e. The van der Waals surface area contributed by atoms with Crippen LogP contribution in [0, 0.1) is 10.1 Å². The molecule has 0 radical (unpaired) electrons. The van der Waals surface area contributed by atoms with E-state index >= 15 is 0 Å². The van der Waals surface area contributed by atoms with E-state index in [1.165, 1.54) is 23.1 Å². The lowest BCUT2D eigenvalue weighted by Gasteiger charge is -2.27. The molecule has 1 N–H and O–H groups in total. The molecule has 2 aromatic rings. The van der Waals surface area contributed by atoms with Crippen molar-refractivity contribution in [2.24, 2.45) is 0 Å². The van der Waals surface area contributed by atoms with Crippen molar-refractivity contribution in [3.63, 3.8) is 0 Å². The number of para-hydroxylation sites is 1. The average molecular weight is 396 g/mol. The average Bonchev–Trinajstić information content (AvgIpc) is 3.09. The highest BCUT2D eigenvalue weighted by molar-refractivity contribution is 7.80. The van der Waals surface area contributed by atoms with Crippen molar-refractivity contribution in [1.29, 1.82) is 0 Å². The monoisotopic (exact) mass is 396 g/mol. The molecule has 1 aromatic carbocycles. The molecule has 0 bridgehead atoms. The quantitative estimate of drug-likeness (QED) is 0.202. The molecule has 1 saturated heterocycles. The fraction of sp³-hybridized carbons (Fsp3) is 0.105. The third kappa shape index (κ3) is 3.74. The maximum atomic E-state index is 12.6. The van der Waals surface area contributed by atoms with Crippen molar-refractivity contribution in [3.8, 4) is 0 Å². The number of thiocarbonyl (C=S) groups is 1. The number of nitro groups is 1. The van der Waals surface area contributed by atoms with Gasteiger partial charge in [0.2, 0.25) is 0 Å². The molecule has 0 unspecified atom stereocenters. The third-order valence-corrected chi connectivity index (χ3v) is 4.51. The molecule has 0 aliphatic carbocycles. The van der Waals surface area contributed by atoms with Gasteiger partial charge in [0, 0.05) is 30.1 Å². The van der Waals surface area contributed by atoms with E-state index in [0.29, 0.717) is 11.3 Å². The van der Waals surface area contributed by atoms with Crippen LogP contribution < -0.4 is 5.32 Å². The number of hydrogen-bond donors (Lipinski definition) is 1. The van der Waals surface area contributed by atoms with Gasteiger partial charge >= 0.3 is 0 Å². The Labute approximate surface area is 165 Å². The van der Waals surface area contributed by atoms with Gasteiger partial charge in [-0.25, -0.2) is 0 Å². The first-order chi connectivity index (χ1) is 13.4. The lowest BCUT2D eigenvalue weighted by molar-refractivity contribution is -0.385. The minimum Gasteiger partial charge on any atom is -0.343 e. The van der Waals surface area contributed by atoms with Gasteiger partial charge < -0.3 is 4.57 Å². The third-order valence-electron chi connectivity index (χ3n) is 4.18. The summed E-state index contributed by atoms with van der Waals surface area (Å²) in [5.41, 5.74) is 1.00. The first kappa shape index (κ1) is 19.2. The largest absolute Gasteiger partial charge is 0.343 e. The molecular formula is C19H16N4O4S. The topological polar surface area (TPSA) is 97.5 Å². The predicted molar refractivity (Wildman–Crippen MR) is 107 cm³/mol. The summed E-state index contributed by atoms with van der Waals surface area (Å²) in [6.07, 6.45) is 4.68. The highest BCUT2D eigenvalue weighted by atomic mass is 32.1. The number of carbonyl (C=O) groups is 2. The van der Waals surface area contributed by atoms with Crippen molar-refractivity contribution in [2.45, 2.75) is 6.54 Å². The van der Waals surface area contributed by atoms with E-state index in [2.05, 4.69) is 11.9 Å². The zero-order valence-electron chi connectivity index (χ0n) is 14.7. The Morgan fingerprint density at radius 2 is 1.96 bits per heavy atom. The Hall–Kier alpha value is -3.59. The number of carbonyl (C=O) groups excluding carboxylic acids is 2. The van der Waals surface area contributed by atoms with Crippen molar-refractivity contribution < 1.29 is 14.5 Å². The van der Waals surface area contributed by atoms with E-state index in [0.717, 1.165) is 0 Å². The van der Waals surface area contributed by atoms with Crippen LogP contribution in [0.5, 0.6) is 0 Å². The van der Waals surface area contributed by atoms with Crippen LogP contribution in [-0.2, 0) is 16.1 Å². The van der Waals surface area contributed by atoms with Gasteiger partial charge in [-0.3, -0.25) is 29.9 Å². The zero-order valence-corrected chi connectivity index (χ0v) is 15.5. The van der Waals surface area contributed by atoms with Crippen molar-refractivity contribution >= 4 is 40.9 Å². The Bertz CT molecular complexity index is 1020. The number of hydrogen-bond acceptors (Lipinski definition) is 5. The molecule has 142 valence electrons. The van der Waals surface area contributed by atoms with Gasteiger partial charge in [-0.15, -0.1) is 6.58 Å². The molecule has 2 amide bonds. The molecule has 0 saturated carbocycles. The second-order valence-electron chi connectivity index (χ2n) is 5.97. The van der Waals surface area contributed by atoms with E-state index in [4.69, 9.17) is 12.2 Å². The van der Waals surface area contributed by atoms with Gasteiger partial charge in [0.15, 0.2) is 5.11 Å². The Kier molecular flexibility index (Phi) is 5.46.